The average molecular weight is 179 g/mol. The molecule has 0 unspecified atom stereocenters. The average Bonchev–Trinajstić information content (AvgIpc) is 2.20. The highest BCUT2D eigenvalue weighted by molar-refractivity contribution is 5.93. The van der Waals surface area contributed by atoms with Crippen LogP contribution in [0.25, 0.3) is 0 Å². The van der Waals surface area contributed by atoms with Gasteiger partial charge in [-0.2, -0.15) is 0 Å². The van der Waals surface area contributed by atoms with Crippen LogP contribution in [0.5, 0.6) is 0 Å². The van der Waals surface area contributed by atoms with Crippen LogP contribution < -0.4 is 0 Å². The van der Waals surface area contributed by atoms with Gasteiger partial charge < -0.3 is 0 Å². The van der Waals surface area contributed by atoms with E-state index < -0.39 is 0 Å². The Morgan fingerprint density at radius 2 is 2.00 bits per heavy atom. The second-order valence-corrected chi connectivity index (χ2v) is 2.44. The van der Waals surface area contributed by atoms with Crippen molar-refractivity contribution in [2.75, 3.05) is 0 Å². The Morgan fingerprint density at radius 1 is 1.38 bits per heavy atom. The molecular formula is C11H17NO. The van der Waals surface area contributed by atoms with Gasteiger partial charge in [0.05, 0.1) is 0 Å². The number of nitrogens with zero attached hydrogens (tertiary/aromatic N) is 1. The minimum atomic E-state index is 0.105. The molecule has 0 N–H and O–H groups in total. The van der Waals surface area contributed by atoms with Crippen LogP contribution in [-0.2, 0) is 0 Å². The van der Waals surface area contributed by atoms with E-state index >= 15 is 0 Å². The van der Waals surface area contributed by atoms with Gasteiger partial charge in [-0.15, -0.1) is 0 Å². The number of aryl methyl sites for hydroxylation is 1. The van der Waals surface area contributed by atoms with Crippen LogP contribution in [0.3, 0.4) is 0 Å². The summed E-state index contributed by atoms with van der Waals surface area (Å²) in [6, 6.07) is 5.48. The molecule has 0 saturated heterocycles. The number of hydrogen-bond donors (Lipinski definition) is 0. The molecule has 72 valence electrons. The van der Waals surface area contributed by atoms with Gasteiger partial charge in [-0.1, -0.05) is 26.8 Å². The molecule has 1 rings (SSSR count). The molecule has 2 heteroatoms. The second kappa shape index (κ2) is 6.35. The van der Waals surface area contributed by atoms with Crippen LogP contribution in [0.2, 0.25) is 0 Å². The van der Waals surface area contributed by atoms with Gasteiger partial charge in [-0.25, -0.2) is 0 Å². The van der Waals surface area contributed by atoms with Crippen LogP contribution in [0.1, 0.15) is 43.4 Å². The molecule has 0 radical (unpaired) electrons. The molecule has 0 aromatic carbocycles. The molecule has 1 heterocycles. The fraction of sp³-hybridized carbons (Fsp3) is 0.455. The van der Waals surface area contributed by atoms with Gasteiger partial charge in [0.2, 0.25) is 0 Å². The molecule has 1 aromatic heterocycles. The Kier molecular flexibility index (Phi) is 5.77. The summed E-state index contributed by atoms with van der Waals surface area (Å²) in [6.45, 7) is 7.72. The highest BCUT2D eigenvalue weighted by Gasteiger charge is 2.02. The van der Waals surface area contributed by atoms with Gasteiger partial charge in [-0.05, 0) is 19.1 Å². The maximum absolute atomic E-state index is 11.1. The zero-order valence-corrected chi connectivity index (χ0v) is 8.79. The molecule has 0 aliphatic rings. The van der Waals surface area contributed by atoms with Crippen molar-refractivity contribution in [3.05, 3.63) is 29.6 Å². The van der Waals surface area contributed by atoms with Crippen molar-refractivity contribution in [3.63, 3.8) is 0 Å². The number of aromatic nitrogens is 1. The summed E-state index contributed by atoms with van der Waals surface area (Å²) in [5.41, 5.74) is 1.47. The molecular weight excluding hydrogens is 162 g/mol. The number of carbonyl (C=O) groups is 1. The molecule has 0 fully saturated rings. The number of ketones is 1. The highest BCUT2D eigenvalue weighted by Crippen LogP contribution is 2.00. The van der Waals surface area contributed by atoms with E-state index in [-0.39, 0.29) is 5.78 Å². The second-order valence-electron chi connectivity index (χ2n) is 2.44. The van der Waals surface area contributed by atoms with Crippen molar-refractivity contribution >= 4 is 5.78 Å². The normalized spacial score (nSPS) is 8.62. The minimum Gasteiger partial charge on any atom is -0.292 e. The first kappa shape index (κ1) is 11.8. The summed E-state index contributed by atoms with van der Waals surface area (Å²) in [4.78, 5) is 15.2. The summed E-state index contributed by atoms with van der Waals surface area (Å²) < 4.78 is 0. The molecule has 0 bridgehead atoms. The van der Waals surface area contributed by atoms with Crippen molar-refractivity contribution in [2.45, 2.75) is 34.1 Å². The quantitative estimate of drug-likeness (QED) is 0.653. The van der Waals surface area contributed by atoms with Crippen molar-refractivity contribution in [1.82, 2.24) is 4.98 Å². The van der Waals surface area contributed by atoms with Crippen LogP contribution in [0, 0.1) is 6.92 Å². The summed E-state index contributed by atoms with van der Waals surface area (Å²) in [7, 11) is 0. The fourth-order valence-corrected chi connectivity index (χ4v) is 0.879. The first-order chi connectivity index (χ1) is 6.24. The highest BCUT2D eigenvalue weighted by atomic mass is 16.1. The number of pyridine rings is 1. The van der Waals surface area contributed by atoms with Gasteiger partial charge in [0.1, 0.15) is 5.69 Å². The number of rotatable bonds is 2. The van der Waals surface area contributed by atoms with Gasteiger partial charge >= 0.3 is 0 Å². The van der Waals surface area contributed by atoms with Crippen LogP contribution in [-0.4, -0.2) is 10.8 Å². The summed E-state index contributed by atoms with van der Waals surface area (Å²) >= 11 is 0. The van der Waals surface area contributed by atoms with Crippen molar-refractivity contribution in [1.29, 1.82) is 0 Å². The first-order valence-corrected chi connectivity index (χ1v) is 4.71. The molecule has 1 aromatic rings. The maximum atomic E-state index is 11.1. The Hall–Kier alpha value is -1.18. The van der Waals surface area contributed by atoms with Crippen LogP contribution >= 0.6 is 0 Å². The third kappa shape index (κ3) is 3.83. The van der Waals surface area contributed by atoms with Crippen LogP contribution in [0.15, 0.2) is 18.2 Å². The molecule has 0 saturated carbocycles. The topological polar surface area (TPSA) is 30.0 Å². The summed E-state index contributed by atoms with van der Waals surface area (Å²) in [6.07, 6.45) is 0.524. The van der Waals surface area contributed by atoms with E-state index in [1.54, 1.807) is 6.07 Å². The minimum absolute atomic E-state index is 0.105. The lowest BCUT2D eigenvalue weighted by molar-refractivity contribution is 0.0983. The van der Waals surface area contributed by atoms with Crippen molar-refractivity contribution in [2.24, 2.45) is 0 Å². The van der Waals surface area contributed by atoms with Gasteiger partial charge in [-0.3, -0.25) is 9.78 Å². The summed E-state index contributed by atoms with van der Waals surface area (Å²) in [5.74, 6) is 0.105. The fourth-order valence-electron chi connectivity index (χ4n) is 0.879. The number of carbonyl (C=O) groups excluding carboxylic acids is 1. The molecule has 0 aliphatic carbocycles. The smallest absolute Gasteiger partial charge is 0.180 e. The predicted octanol–water partition coefficient (Wildman–Crippen LogP) is 3.01. The number of hydrogen-bond acceptors (Lipinski definition) is 2. The zero-order chi connectivity index (χ0) is 10.3. The van der Waals surface area contributed by atoms with Crippen molar-refractivity contribution < 1.29 is 4.79 Å². The lowest BCUT2D eigenvalue weighted by Gasteiger charge is -1.96. The largest absolute Gasteiger partial charge is 0.292 e. The van der Waals surface area contributed by atoms with E-state index in [0.29, 0.717) is 12.1 Å². The monoisotopic (exact) mass is 179 g/mol. The molecule has 13 heavy (non-hydrogen) atoms. The molecule has 2 nitrogen and oxygen atoms in total. The molecule has 0 spiro atoms. The third-order valence-electron chi connectivity index (χ3n) is 1.50. The number of Topliss-reactive ketones (excluding diaryl/α,β-unsaturated/α-hetero) is 1. The van der Waals surface area contributed by atoms with Gasteiger partial charge in [0.15, 0.2) is 5.78 Å². The van der Waals surface area contributed by atoms with E-state index in [9.17, 15) is 4.79 Å². The predicted molar refractivity (Wildman–Crippen MR) is 54.9 cm³/mol. The van der Waals surface area contributed by atoms with E-state index in [1.165, 1.54) is 0 Å². The van der Waals surface area contributed by atoms with E-state index in [4.69, 9.17) is 0 Å². The Bertz CT molecular complexity index is 269. The standard InChI is InChI=1S/C9H11NO.C2H6/c1-3-9(11)8-6-4-5-7(2)10-8;1-2/h4-6H,3H2,1-2H3;1-2H3. The maximum Gasteiger partial charge on any atom is 0.180 e. The molecule has 0 amide bonds. The lowest BCUT2D eigenvalue weighted by Crippen LogP contribution is -2.00. The zero-order valence-electron chi connectivity index (χ0n) is 8.79. The van der Waals surface area contributed by atoms with E-state index in [2.05, 4.69) is 4.98 Å². The molecule has 0 atom stereocenters. The summed E-state index contributed by atoms with van der Waals surface area (Å²) in [5, 5.41) is 0. The van der Waals surface area contributed by atoms with E-state index in [1.807, 2.05) is 39.8 Å². The SMILES string of the molecule is CC.CCC(=O)c1cccc(C)n1. The lowest BCUT2D eigenvalue weighted by atomic mass is 10.2. The Labute approximate surface area is 80.0 Å². The van der Waals surface area contributed by atoms with Gasteiger partial charge in [0, 0.05) is 12.1 Å². The Balaban J connectivity index is 0.000000671. The van der Waals surface area contributed by atoms with Crippen molar-refractivity contribution in [3.8, 4) is 0 Å². The third-order valence-corrected chi connectivity index (χ3v) is 1.50. The van der Waals surface area contributed by atoms with Gasteiger partial charge in [0.25, 0.3) is 0 Å². The van der Waals surface area contributed by atoms with Crippen LogP contribution in [0.4, 0.5) is 0 Å². The van der Waals surface area contributed by atoms with E-state index in [0.717, 1.165) is 5.69 Å². The molecule has 0 aliphatic heterocycles. The first-order valence-electron chi connectivity index (χ1n) is 4.71. The Morgan fingerprint density at radius 3 is 2.46 bits per heavy atom.